The number of ether oxygens (including phenoxy) is 1. The number of aromatic nitrogens is 2. The van der Waals surface area contributed by atoms with Crippen LogP contribution in [0.5, 0.6) is 11.6 Å². The Hall–Kier alpha value is -1.46. The molecule has 0 bridgehead atoms. The number of aryl methyl sites for hydroxylation is 1. The van der Waals surface area contributed by atoms with Gasteiger partial charge in [-0.1, -0.05) is 22.9 Å². The van der Waals surface area contributed by atoms with Crippen molar-refractivity contribution in [2.24, 2.45) is 0 Å². The Bertz CT molecular complexity index is 543. The number of hydrogen-bond donors (Lipinski definition) is 1. The zero-order valence-corrected chi connectivity index (χ0v) is 12.6. The highest BCUT2D eigenvalue weighted by atomic mass is 79.9. The molecule has 0 aliphatic carbocycles. The van der Waals surface area contributed by atoms with Crippen molar-refractivity contribution in [1.29, 1.82) is 0 Å². The van der Waals surface area contributed by atoms with E-state index in [1.54, 1.807) is 0 Å². The van der Waals surface area contributed by atoms with Crippen LogP contribution in [0.15, 0.2) is 34.8 Å². The highest BCUT2D eigenvalue weighted by molar-refractivity contribution is 9.10. The average molecular weight is 322 g/mol. The molecule has 0 fully saturated rings. The lowest BCUT2D eigenvalue weighted by Crippen LogP contribution is -2.13. The van der Waals surface area contributed by atoms with Gasteiger partial charge in [0, 0.05) is 17.1 Å². The quantitative estimate of drug-likeness (QED) is 0.916. The van der Waals surface area contributed by atoms with Gasteiger partial charge in [-0.2, -0.15) is 5.10 Å². The van der Waals surface area contributed by atoms with Crippen molar-refractivity contribution in [2.45, 2.75) is 20.4 Å². The van der Waals surface area contributed by atoms with Crippen LogP contribution in [0, 0.1) is 6.92 Å². The molecule has 0 radical (unpaired) electrons. The molecular weight excluding hydrogens is 306 g/mol. The van der Waals surface area contributed by atoms with E-state index in [0.717, 1.165) is 34.6 Å². The van der Waals surface area contributed by atoms with Gasteiger partial charge in [0.05, 0.1) is 5.69 Å². The van der Waals surface area contributed by atoms with Crippen molar-refractivity contribution in [3.8, 4) is 11.6 Å². The minimum atomic E-state index is 0.505. The van der Waals surface area contributed by atoms with Crippen LogP contribution in [-0.4, -0.2) is 16.7 Å². The lowest BCUT2D eigenvalue weighted by molar-refractivity contribution is 0.450. The third-order valence-electron chi connectivity index (χ3n) is 2.60. The maximum Gasteiger partial charge on any atom is 0.238 e. The van der Waals surface area contributed by atoms with Gasteiger partial charge in [0.15, 0.2) is 0 Å². The molecule has 0 aliphatic rings. The first-order chi connectivity index (χ1) is 9.19. The van der Waals surface area contributed by atoms with E-state index in [2.05, 4.69) is 38.4 Å². The normalized spacial score (nSPS) is 10.5. The van der Waals surface area contributed by atoms with Gasteiger partial charge in [0.1, 0.15) is 5.75 Å². The van der Waals surface area contributed by atoms with E-state index < -0.39 is 0 Å². The zero-order chi connectivity index (χ0) is 13.7. The molecule has 0 spiro atoms. The summed E-state index contributed by atoms with van der Waals surface area (Å²) in [7, 11) is 0. The minimum Gasteiger partial charge on any atom is -0.437 e. The van der Waals surface area contributed by atoms with Crippen LogP contribution in [0.25, 0.3) is 0 Å². The second-order valence-electron chi connectivity index (χ2n) is 4.16. The van der Waals surface area contributed by atoms with Gasteiger partial charge in [-0.15, -0.1) is 5.10 Å². The van der Waals surface area contributed by atoms with E-state index in [0.29, 0.717) is 5.88 Å². The summed E-state index contributed by atoms with van der Waals surface area (Å²) in [6.45, 7) is 5.69. The maximum absolute atomic E-state index is 5.71. The highest BCUT2D eigenvalue weighted by Crippen LogP contribution is 2.25. The summed E-state index contributed by atoms with van der Waals surface area (Å²) in [6.07, 6.45) is 0. The molecule has 5 heteroatoms. The van der Waals surface area contributed by atoms with Crippen LogP contribution in [0.4, 0.5) is 0 Å². The lowest BCUT2D eigenvalue weighted by atomic mass is 10.2. The largest absolute Gasteiger partial charge is 0.437 e. The molecule has 1 heterocycles. The summed E-state index contributed by atoms with van der Waals surface area (Å²) in [5, 5.41) is 11.4. The Morgan fingerprint density at radius 1 is 1.21 bits per heavy atom. The van der Waals surface area contributed by atoms with E-state index in [1.165, 1.54) is 0 Å². The molecule has 0 amide bonds. The van der Waals surface area contributed by atoms with Crippen LogP contribution in [0.2, 0.25) is 0 Å². The van der Waals surface area contributed by atoms with Crippen molar-refractivity contribution in [2.75, 3.05) is 6.54 Å². The van der Waals surface area contributed by atoms with Crippen LogP contribution < -0.4 is 10.1 Å². The predicted molar refractivity (Wildman–Crippen MR) is 78.4 cm³/mol. The molecule has 0 saturated carbocycles. The number of nitrogens with zero attached hydrogens (tertiary/aromatic N) is 2. The third-order valence-corrected chi connectivity index (χ3v) is 3.10. The Morgan fingerprint density at radius 2 is 2.05 bits per heavy atom. The molecular formula is C14H16BrN3O. The molecule has 2 rings (SSSR count). The topological polar surface area (TPSA) is 47.0 Å². The molecule has 4 nitrogen and oxygen atoms in total. The van der Waals surface area contributed by atoms with Crippen molar-refractivity contribution in [3.63, 3.8) is 0 Å². The molecule has 19 heavy (non-hydrogen) atoms. The number of hydrogen-bond acceptors (Lipinski definition) is 4. The summed E-state index contributed by atoms with van der Waals surface area (Å²) in [6, 6.07) is 9.60. The summed E-state index contributed by atoms with van der Waals surface area (Å²) in [5.74, 6) is 1.29. The molecule has 0 unspecified atom stereocenters. The van der Waals surface area contributed by atoms with Gasteiger partial charge < -0.3 is 10.1 Å². The van der Waals surface area contributed by atoms with Gasteiger partial charge in [-0.05, 0) is 43.3 Å². The second-order valence-corrected chi connectivity index (χ2v) is 5.07. The molecule has 1 aromatic carbocycles. The van der Waals surface area contributed by atoms with Crippen molar-refractivity contribution in [1.82, 2.24) is 15.5 Å². The van der Waals surface area contributed by atoms with Crippen molar-refractivity contribution in [3.05, 3.63) is 46.1 Å². The third kappa shape index (κ3) is 4.01. The number of rotatable bonds is 5. The van der Waals surface area contributed by atoms with Crippen LogP contribution in [-0.2, 0) is 6.54 Å². The Labute approximate surface area is 121 Å². The average Bonchev–Trinajstić information content (AvgIpc) is 2.41. The summed E-state index contributed by atoms with van der Waals surface area (Å²) < 4.78 is 6.74. The minimum absolute atomic E-state index is 0.505. The highest BCUT2D eigenvalue weighted by Gasteiger charge is 2.04. The smallest absolute Gasteiger partial charge is 0.238 e. The summed E-state index contributed by atoms with van der Waals surface area (Å²) in [5.41, 5.74) is 1.95. The Balaban J connectivity index is 2.06. The Morgan fingerprint density at radius 3 is 2.68 bits per heavy atom. The van der Waals surface area contributed by atoms with Gasteiger partial charge >= 0.3 is 0 Å². The number of nitrogens with one attached hydrogen (secondary N) is 1. The lowest BCUT2D eigenvalue weighted by Gasteiger charge is -2.08. The molecule has 1 aromatic heterocycles. The molecule has 100 valence electrons. The molecule has 1 N–H and O–H groups in total. The molecule has 2 aromatic rings. The van der Waals surface area contributed by atoms with E-state index in [1.807, 2.05) is 37.3 Å². The monoisotopic (exact) mass is 321 g/mol. The van der Waals surface area contributed by atoms with Gasteiger partial charge in [0.25, 0.3) is 0 Å². The van der Waals surface area contributed by atoms with Crippen LogP contribution in [0.3, 0.4) is 0 Å². The standard InChI is InChI=1S/C14H16BrN3O/c1-3-16-9-12-5-7-14(18-17-12)19-13-6-4-11(15)8-10(13)2/h4-8,16H,3,9H2,1-2H3. The zero-order valence-electron chi connectivity index (χ0n) is 11.0. The first-order valence-electron chi connectivity index (χ1n) is 6.16. The fourth-order valence-corrected chi connectivity index (χ4v) is 2.06. The van der Waals surface area contributed by atoms with Gasteiger partial charge in [-0.3, -0.25) is 0 Å². The van der Waals surface area contributed by atoms with E-state index >= 15 is 0 Å². The van der Waals surface area contributed by atoms with E-state index in [-0.39, 0.29) is 0 Å². The van der Waals surface area contributed by atoms with Crippen molar-refractivity contribution >= 4 is 15.9 Å². The number of benzene rings is 1. The predicted octanol–water partition coefficient (Wildman–Crippen LogP) is 3.45. The van der Waals surface area contributed by atoms with Gasteiger partial charge in [-0.25, -0.2) is 0 Å². The summed E-state index contributed by atoms with van der Waals surface area (Å²) >= 11 is 3.42. The fourth-order valence-electron chi connectivity index (χ4n) is 1.59. The fraction of sp³-hybridized carbons (Fsp3) is 0.286. The Kier molecular flexibility index (Phi) is 4.87. The molecule has 0 saturated heterocycles. The van der Waals surface area contributed by atoms with Gasteiger partial charge in [0.2, 0.25) is 5.88 Å². The van der Waals surface area contributed by atoms with Crippen molar-refractivity contribution < 1.29 is 4.74 Å². The number of halogens is 1. The SMILES string of the molecule is CCNCc1ccc(Oc2ccc(Br)cc2C)nn1. The van der Waals surface area contributed by atoms with Crippen LogP contribution >= 0.6 is 15.9 Å². The summed E-state index contributed by atoms with van der Waals surface area (Å²) in [4.78, 5) is 0. The first kappa shape index (κ1) is 14.0. The van der Waals surface area contributed by atoms with Crippen LogP contribution in [0.1, 0.15) is 18.2 Å². The van der Waals surface area contributed by atoms with E-state index in [9.17, 15) is 0 Å². The molecule has 0 atom stereocenters. The first-order valence-corrected chi connectivity index (χ1v) is 6.95. The molecule has 0 aliphatic heterocycles. The maximum atomic E-state index is 5.71. The second kappa shape index (κ2) is 6.63. The van der Waals surface area contributed by atoms with E-state index in [4.69, 9.17) is 4.74 Å².